The van der Waals surface area contributed by atoms with Gasteiger partial charge in [0, 0.05) is 36.1 Å². The van der Waals surface area contributed by atoms with E-state index in [1.165, 1.54) is 17.1 Å². The predicted molar refractivity (Wildman–Crippen MR) is 147 cm³/mol. The molecule has 40 heavy (non-hydrogen) atoms. The maximum absolute atomic E-state index is 13.2. The highest BCUT2D eigenvalue weighted by molar-refractivity contribution is 6.30. The van der Waals surface area contributed by atoms with Gasteiger partial charge in [0.25, 0.3) is 11.5 Å². The fourth-order valence-corrected chi connectivity index (χ4v) is 4.85. The first-order valence-electron chi connectivity index (χ1n) is 12.6. The summed E-state index contributed by atoms with van der Waals surface area (Å²) < 4.78 is 8.56. The Balaban J connectivity index is 1.11. The van der Waals surface area contributed by atoms with Crippen LogP contribution in [0.25, 0.3) is 16.7 Å². The van der Waals surface area contributed by atoms with Gasteiger partial charge in [-0.05, 0) is 67.4 Å². The molecule has 1 amide bonds. The van der Waals surface area contributed by atoms with Gasteiger partial charge < -0.3 is 14.7 Å². The Morgan fingerprint density at radius 2 is 1.70 bits per heavy atom. The van der Waals surface area contributed by atoms with E-state index in [-0.39, 0.29) is 24.0 Å². The first-order chi connectivity index (χ1) is 19.4. The molecule has 5 aromatic rings. The van der Waals surface area contributed by atoms with Crippen molar-refractivity contribution in [1.82, 2.24) is 34.2 Å². The molecule has 11 nitrogen and oxygen atoms in total. The van der Waals surface area contributed by atoms with E-state index in [1.807, 2.05) is 0 Å². The second kappa shape index (κ2) is 10.5. The molecule has 2 aromatic carbocycles. The highest BCUT2D eigenvalue weighted by atomic mass is 35.5. The van der Waals surface area contributed by atoms with Crippen LogP contribution in [-0.2, 0) is 6.54 Å². The number of piperidine rings is 1. The quantitative estimate of drug-likeness (QED) is 0.336. The molecule has 1 aliphatic heterocycles. The number of likely N-dealkylation sites (tertiary alicyclic amines) is 1. The minimum absolute atomic E-state index is 0.0660. The molecule has 0 saturated carbocycles. The van der Waals surface area contributed by atoms with Crippen LogP contribution in [0.3, 0.4) is 0 Å². The van der Waals surface area contributed by atoms with E-state index in [2.05, 4.69) is 20.1 Å². The van der Waals surface area contributed by atoms with Crippen LogP contribution in [-0.4, -0.2) is 63.9 Å². The lowest BCUT2D eigenvalue weighted by Crippen LogP contribution is -2.49. The lowest BCUT2D eigenvalue weighted by molar-refractivity contribution is -0.0299. The number of hydrogen-bond acceptors (Lipinski definition) is 8. The normalized spacial score (nSPS) is 14.8. The van der Waals surface area contributed by atoms with Gasteiger partial charge in [0.05, 0.1) is 24.0 Å². The van der Waals surface area contributed by atoms with Crippen LogP contribution in [0.5, 0.6) is 11.8 Å². The molecule has 0 unspecified atom stereocenters. The summed E-state index contributed by atoms with van der Waals surface area (Å²) in [6.45, 7) is 0.769. The molecule has 1 saturated heterocycles. The van der Waals surface area contributed by atoms with E-state index in [4.69, 9.17) is 16.3 Å². The van der Waals surface area contributed by atoms with E-state index in [1.54, 1.807) is 76.6 Å². The first kappa shape index (κ1) is 25.7. The molecule has 12 heteroatoms. The number of aliphatic hydroxyl groups is 1. The topological polar surface area (TPSA) is 128 Å². The van der Waals surface area contributed by atoms with Crippen molar-refractivity contribution in [2.45, 2.75) is 25.0 Å². The van der Waals surface area contributed by atoms with Crippen LogP contribution in [0.2, 0.25) is 5.02 Å². The van der Waals surface area contributed by atoms with Crippen LogP contribution < -0.4 is 10.3 Å². The average molecular weight is 558 g/mol. The molecule has 1 aliphatic rings. The van der Waals surface area contributed by atoms with Crippen molar-refractivity contribution in [2.75, 3.05) is 13.1 Å². The number of hydrogen-bond donors (Lipinski definition) is 1. The zero-order valence-electron chi connectivity index (χ0n) is 21.2. The van der Waals surface area contributed by atoms with Gasteiger partial charge in [-0.2, -0.15) is 5.10 Å². The van der Waals surface area contributed by atoms with E-state index < -0.39 is 5.60 Å². The van der Waals surface area contributed by atoms with Crippen molar-refractivity contribution < 1.29 is 14.6 Å². The Labute approximate surface area is 233 Å². The lowest BCUT2D eigenvalue weighted by Gasteiger charge is -2.38. The Morgan fingerprint density at radius 1 is 1.00 bits per heavy atom. The lowest BCUT2D eigenvalue weighted by atomic mass is 9.91. The summed E-state index contributed by atoms with van der Waals surface area (Å²) in [6, 6.07) is 15.7. The summed E-state index contributed by atoms with van der Waals surface area (Å²) in [7, 11) is 0. The number of halogens is 1. The molecular formula is C28H24ClN7O4. The van der Waals surface area contributed by atoms with E-state index in [0.717, 1.165) is 5.69 Å². The fraction of sp³-hybridized carbons (Fsp3) is 0.214. The van der Waals surface area contributed by atoms with Gasteiger partial charge in [0.15, 0.2) is 5.65 Å². The first-order valence-corrected chi connectivity index (χ1v) is 13.0. The number of aromatic nitrogens is 6. The molecule has 0 radical (unpaired) electrons. The molecule has 0 bridgehead atoms. The van der Waals surface area contributed by atoms with Crippen LogP contribution in [0.15, 0.2) is 84.3 Å². The van der Waals surface area contributed by atoms with Crippen molar-refractivity contribution >= 4 is 28.5 Å². The van der Waals surface area contributed by atoms with Gasteiger partial charge >= 0.3 is 6.01 Å². The molecule has 0 atom stereocenters. The highest BCUT2D eigenvalue weighted by Crippen LogP contribution is 2.26. The summed E-state index contributed by atoms with van der Waals surface area (Å²) in [5.74, 6) is 0.380. The molecule has 1 fully saturated rings. The summed E-state index contributed by atoms with van der Waals surface area (Å²) in [5.41, 5.74) is 0.210. The molecule has 1 N–H and O–H groups in total. The third-order valence-electron chi connectivity index (χ3n) is 6.92. The largest absolute Gasteiger partial charge is 0.424 e. The minimum Gasteiger partial charge on any atom is -0.424 e. The number of carbonyl (C=O) groups is 1. The molecule has 0 spiro atoms. The molecule has 4 heterocycles. The Hall–Kier alpha value is -4.61. The van der Waals surface area contributed by atoms with E-state index in [9.17, 15) is 14.7 Å². The second-order valence-corrected chi connectivity index (χ2v) is 10.1. The Bertz CT molecular complexity index is 1710. The van der Waals surface area contributed by atoms with Gasteiger partial charge in [0.1, 0.15) is 17.5 Å². The number of fused-ring (bicyclic) bond motifs is 1. The Morgan fingerprint density at radius 3 is 2.40 bits per heavy atom. The summed E-state index contributed by atoms with van der Waals surface area (Å²) in [4.78, 5) is 40.5. The zero-order chi connectivity index (χ0) is 27.7. The molecule has 0 aliphatic carbocycles. The zero-order valence-corrected chi connectivity index (χ0v) is 22.0. The van der Waals surface area contributed by atoms with Crippen molar-refractivity contribution in [1.29, 1.82) is 0 Å². The number of ether oxygens (including phenoxy) is 1. The fourth-order valence-electron chi connectivity index (χ4n) is 4.73. The van der Waals surface area contributed by atoms with E-state index in [0.29, 0.717) is 53.3 Å². The maximum Gasteiger partial charge on any atom is 0.321 e. The molecule has 202 valence electrons. The van der Waals surface area contributed by atoms with Gasteiger partial charge in [-0.25, -0.2) is 19.6 Å². The van der Waals surface area contributed by atoms with Gasteiger partial charge in [-0.3, -0.25) is 14.2 Å². The number of rotatable bonds is 6. The van der Waals surface area contributed by atoms with Crippen molar-refractivity contribution in [3.05, 3.63) is 100 Å². The minimum atomic E-state index is -1.16. The third-order valence-corrected chi connectivity index (χ3v) is 7.18. The van der Waals surface area contributed by atoms with Crippen LogP contribution in [0.4, 0.5) is 0 Å². The number of carbonyl (C=O) groups excluding carboxylic acids is 1. The average Bonchev–Trinajstić information content (AvgIpc) is 3.41. The summed E-state index contributed by atoms with van der Waals surface area (Å²) >= 11 is 5.98. The molecule has 3 aromatic heterocycles. The maximum atomic E-state index is 13.2. The van der Waals surface area contributed by atoms with Crippen molar-refractivity contribution in [2.24, 2.45) is 0 Å². The predicted octanol–water partition coefficient (Wildman–Crippen LogP) is 3.49. The highest BCUT2D eigenvalue weighted by Gasteiger charge is 2.35. The third kappa shape index (κ3) is 5.16. The second-order valence-electron chi connectivity index (χ2n) is 9.62. The smallest absolute Gasteiger partial charge is 0.321 e. The summed E-state index contributed by atoms with van der Waals surface area (Å²) in [6.07, 6.45) is 6.71. The van der Waals surface area contributed by atoms with Gasteiger partial charge in [-0.1, -0.05) is 11.6 Å². The van der Waals surface area contributed by atoms with Crippen molar-refractivity contribution in [3.63, 3.8) is 0 Å². The van der Waals surface area contributed by atoms with E-state index >= 15 is 0 Å². The number of amides is 1. The van der Waals surface area contributed by atoms with Crippen LogP contribution >= 0.6 is 11.6 Å². The van der Waals surface area contributed by atoms with Crippen LogP contribution in [0, 0.1) is 0 Å². The summed E-state index contributed by atoms with van der Waals surface area (Å²) in [5, 5.41) is 16.6. The monoisotopic (exact) mass is 557 g/mol. The van der Waals surface area contributed by atoms with Gasteiger partial charge in [-0.15, -0.1) is 0 Å². The standard InChI is InChI=1S/C28H24ClN7O4/c29-20-4-6-21(7-5-20)36-24-23(16-33-36)26(38)35(18-32-24)17-28(39)10-14-34(15-11-28)25(37)19-2-8-22(9-3-19)40-27-30-12-1-13-31-27/h1-9,12-13,16,18,39H,10-11,14-15,17H2. The van der Waals surface area contributed by atoms with Crippen LogP contribution in [0.1, 0.15) is 23.2 Å². The van der Waals surface area contributed by atoms with Gasteiger partial charge in [0.2, 0.25) is 0 Å². The molecule has 6 rings (SSSR count). The SMILES string of the molecule is O=C(c1ccc(Oc2ncccn2)cc1)N1CCC(O)(Cn2cnc3c(cnn3-c3ccc(Cl)cc3)c2=O)CC1. The Kier molecular flexibility index (Phi) is 6.74. The number of benzene rings is 2. The molecular weight excluding hydrogens is 534 g/mol. The van der Waals surface area contributed by atoms with Crippen molar-refractivity contribution in [3.8, 4) is 17.4 Å². The number of nitrogens with zero attached hydrogens (tertiary/aromatic N) is 7.